The predicted molar refractivity (Wildman–Crippen MR) is 183 cm³/mol. The molecule has 0 spiro atoms. The summed E-state index contributed by atoms with van der Waals surface area (Å²) in [6.07, 6.45) is 20.6. The minimum atomic E-state index is -2.02. The smallest absolute Gasteiger partial charge is 0.306 e. The maximum atomic E-state index is 12.7. The zero-order valence-electron chi connectivity index (χ0n) is 29.8. The van der Waals surface area contributed by atoms with E-state index in [2.05, 4.69) is 13.8 Å². The van der Waals surface area contributed by atoms with E-state index in [0.29, 0.717) is 6.42 Å². The normalized spacial score (nSPS) is 21.9. The summed E-state index contributed by atoms with van der Waals surface area (Å²) in [4.78, 5) is 25.1. The average Bonchev–Trinajstić information content (AvgIpc) is 3.07. The van der Waals surface area contributed by atoms with Crippen LogP contribution in [0.5, 0.6) is 0 Å². The Hall–Kier alpha value is -1.30. The molecule has 1 rings (SSSR count). The van der Waals surface area contributed by atoms with E-state index >= 15 is 0 Å². The lowest BCUT2D eigenvalue weighted by Crippen LogP contribution is -2.64. The second-order valence-electron chi connectivity index (χ2n) is 13.5. The number of rotatable bonds is 31. The maximum Gasteiger partial charge on any atom is 0.306 e. The zero-order chi connectivity index (χ0) is 34.6. The van der Waals surface area contributed by atoms with E-state index in [1.54, 1.807) is 0 Å². The Kier molecular flexibility index (Phi) is 26.5. The van der Waals surface area contributed by atoms with Gasteiger partial charge in [-0.3, -0.25) is 9.59 Å². The van der Waals surface area contributed by atoms with Crippen LogP contribution in [0.3, 0.4) is 0 Å². The summed E-state index contributed by atoms with van der Waals surface area (Å²) < 4.78 is 22.1. The van der Waals surface area contributed by atoms with Crippen molar-refractivity contribution in [2.45, 2.75) is 198 Å². The Bertz CT molecular complexity index is 765. The van der Waals surface area contributed by atoms with Crippen molar-refractivity contribution in [3.8, 4) is 0 Å². The van der Waals surface area contributed by atoms with Crippen LogP contribution in [0, 0.1) is 0 Å². The van der Waals surface area contributed by atoms with Crippen LogP contribution in [0.4, 0.5) is 0 Å². The predicted octanol–water partition coefficient (Wildman–Crippen LogP) is 6.66. The summed E-state index contributed by atoms with van der Waals surface area (Å²) in [6, 6.07) is 0. The van der Waals surface area contributed by atoms with Crippen LogP contribution >= 0.6 is 0 Å². The molecular weight excluding hydrogens is 604 g/mol. The summed E-state index contributed by atoms with van der Waals surface area (Å²) in [5.41, 5.74) is 0. The van der Waals surface area contributed by atoms with Crippen LogP contribution in [0.1, 0.15) is 168 Å². The lowest BCUT2D eigenvalue weighted by Gasteiger charge is -2.44. The van der Waals surface area contributed by atoms with E-state index in [4.69, 9.17) is 18.9 Å². The van der Waals surface area contributed by atoms with Gasteiger partial charge in [-0.2, -0.15) is 0 Å². The monoisotopic (exact) mass is 674 g/mol. The van der Waals surface area contributed by atoms with Gasteiger partial charge in [-0.15, -0.1) is 0 Å². The molecule has 0 aromatic heterocycles. The first kappa shape index (κ1) is 43.7. The van der Waals surface area contributed by atoms with Gasteiger partial charge in [0.1, 0.15) is 31.5 Å². The Balaban J connectivity index is 2.44. The molecular formula is C37H70O10. The highest BCUT2D eigenvalue weighted by Crippen LogP contribution is 2.28. The molecule has 4 N–H and O–H groups in total. The number of carbonyl (C=O) groups is 2. The van der Waals surface area contributed by atoms with Crippen LogP contribution < -0.4 is 0 Å². The molecule has 1 aliphatic rings. The van der Waals surface area contributed by atoms with Crippen LogP contribution in [0.25, 0.3) is 0 Å². The van der Waals surface area contributed by atoms with E-state index in [0.717, 1.165) is 38.5 Å². The molecule has 0 bridgehead atoms. The molecule has 5 atom stereocenters. The quantitative estimate of drug-likeness (QED) is 0.0464. The van der Waals surface area contributed by atoms with Gasteiger partial charge < -0.3 is 39.4 Å². The summed E-state index contributed by atoms with van der Waals surface area (Å²) >= 11 is 0. The van der Waals surface area contributed by atoms with Gasteiger partial charge in [0.05, 0.1) is 13.2 Å². The highest BCUT2D eigenvalue weighted by atomic mass is 16.7. The highest BCUT2D eigenvalue weighted by molar-refractivity contribution is 5.70. The van der Waals surface area contributed by atoms with E-state index in [1.807, 2.05) is 0 Å². The molecule has 0 amide bonds. The lowest BCUT2D eigenvalue weighted by molar-refractivity contribution is -0.352. The molecule has 0 aromatic carbocycles. The third-order valence-electron chi connectivity index (χ3n) is 9.10. The summed E-state index contributed by atoms with van der Waals surface area (Å²) in [6.45, 7) is 2.68. The Morgan fingerprint density at radius 3 is 1.53 bits per heavy atom. The number of esters is 2. The van der Waals surface area contributed by atoms with Gasteiger partial charge in [-0.05, 0) is 12.8 Å². The Morgan fingerprint density at radius 1 is 0.660 bits per heavy atom. The van der Waals surface area contributed by atoms with Crippen molar-refractivity contribution in [3.05, 3.63) is 0 Å². The molecule has 0 radical (unpaired) electrons. The second kappa shape index (κ2) is 28.5. The first-order valence-corrected chi connectivity index (χ1v) is 19.1. The Morgan fingerprint density at radius 2 is 1.09 bits per heavy atom. The van der Waals surface area contributed by atoms with Crippen LogP contribution in [-0.4, -0.2) is 89.0 Å². The minimum Gasteiger partial charge on any atom is -0.462 e. The summed E-state index contributed by atoms with van der Waals surface area (Å²) in [7, 11) is 0. The fraction of sp³-hybridized carbons (Fsp3) is 0.946. The van der Waals surface area contributed by atoms with Crippen LogP contribution in [-0.2, 0) is 28.5 Å². The molecule has 10 heteroatoms. The van der Waals surface area contributed by atoms with Gasteiger partial charge in [0.25, 0.3) is 0 Å². The van der Waals surface area contributed by atoms with Gasteiger partial charge in [-0.1, -0.05) is 142 Å². The van der Waals surface area contributed by atoms with Crippen LogP contribution in [0.15, 0.2) is 0 Å². The van der Waals surface area contributed by atoms with Crippen molar-refractivity contribution in [1.82, 2.24) is 0 Å². The van der Waals surface area contributed by atoms with E-state index in [-0.39, 0.29) is 32.7 Å². The van der Waals surface area contributed by atoms with Crippen molar-refractivity contribution in [3.63, 3.8) is 0 Å². The van der Waals surface area contributed by atoms with Gasteiger partial charge in [0, 0.05) is 12.8 Å². The molecule has 1 aliphatic heterocycles. The van der Waals surface area contributed by atoms with Gasteiger partial charge >= 0.3 is 11.9 Å². The molecule has 10 nitrogen and oxygen atoms in total. The average molecular weight is 675 g/mol. The largest absolute Gasteiger partial charge is 0.462 e. The van der Waals surface area contributed by atoms with E-state index in [9.17, 15) is 30.0 Å². The molecule has 0 saturated carbocycles. The number of hydrogen-bond donors (Lipinski definition) is 4. The van der Waals surface area contributed by atoms with Crippen LogP contribution in [0.2, 0.25) is 0 Å². The molecule has 0 aliphatic carbocycles. The topological polar surface area (TPSA) is 152 Å². The SMILES string of the molecule is CCCCCCCCCCCCCC(=O)OC[C@@H](CO[C@]1(CO)OC[C@@H](O)[C@@H](O)[C@@H]1O)OC(=O)CCCCCCCCCCCCC. The molecule has 1 saturated heterocycles. The second-order valence-corrected chi connectivity index (χ2v) is 13.5. The highest BCUT2D eigenvalue weighted by Gasteiger charge is 2.50. The number of ether oxygens (including phenoxy) is 4. The van der Waals surface area contributed by atoms with Crippen molar-refractivity contribution in [1.29, 1.82) is 0 Å². The first-order chi connectivity index (χ1) is 22.8. The number of carbonyl (C=O) groups excluding carboxylic acids is 2. The summed E-state index contributed by atoms with van der Waals surface area (Å²) in [5.74, 6) is -2.86. The number of hydrogen-bond acceptors (Lipinski definition) is 10. The van der Waals surface area contributed by atoms with Gasteiger partial charge in [-0.25, -0.2) is 0 Å². The molecule has 1 heterocycles. The minimum absolute atomic E-state index is 0.218. The molecule has 278 valence electrons. The van der Waals surface area contributed by atoms with Crippen molar-refractivity contribution in [2.75, 3.05) is 26.4 Å². The lowest BCUT2D eigenvalue weighted by atomic mass is 9.97. The molecule has 1 fully saturated rings. The maximum absolute atomic E-state index is 12.7. The van der Waals surface area contributed by atoms with Crippen molar-refractivity contribution >= 4 is 11.9 Å². The van der Waals surface area contributed by atoms with Crippen molar-refractivity contribution in [2.24, 2.45) is 0 Å². The fourth-order valence-corrected chi connectivity index (χ4v) is 5.91. The molecule has 0 unspecified atom stereocenters. The van der Waals surface area contributed by atoms with Crippen molar-refractivity contribution < 1.29 is 49.0 Å². The number of unbranched alkanes of at least 4 members (excludes halogenated alkanes) is 20. The fourth-order valence-electron chi connectivity index (χ4n) is 5.91. The zero-order valence-corrected chi connectivity index (χ0v) is 29.8. The number of aliphatic hydroxyl groups excluding tert-OH is 4. The van der Waals surface area contributed by atoms with E-state index < -0.39 is 48.7 Å². The molecule has 47 heavy (non-hydrogen) atoms. The Labute approximate surface area is 285 Å². The first-order valence-electron chi connectivity index (χ1n) is 19.1. The standard InChI is InChI=1S/C37H70O10/c1-3-5-7-9-11-13-15-17-19-21-23-25-33(40)44-27-31(28-45-37(30-38)36(43)35(42)32(39)29-46-37)47-34(41)26-24-22-20-18-16-14-12-10-8-6-4-2/h31-32,35-36,38-39,42-43H,3-30H2,1-2H3/t31-,32+,35+,36-,37+/m0/s1. The van der Waals surface area contributed by atoms with Gasteiger partial charge in [0.2, 0.25) is 5.79 Å². The summed E-state index contributed by atoms with van der Waals surface area (Å²) in [5, 5.41) is 40.3. The third kappa shape index (κ3) is 20.7. The van der Waals surface area contributed by atoms with E-state index in [1.165, 1.54) is 96.3 Å². The number of aliphatic hydroxyl groups is 4. The third-order valence-corrected chi connectivity index (χ3v) is 9.10. The molecule has 0 aromatic rings. The van der Waals surface area contributed by atoms with Gasteiger partial charge in [0.15, 0.2) is 6.10 Å².